The molecule has 2 rings (SSSR count). The van der Waals surface area contributed by atoms with E-state index in [2.05, 4.69) is 10.6 Å². The molecule has 0 radical (unpaired) electrons. The minimum absolute atomic E-state index is 0.131. The fraction of sp³-hybridized carbons (Fsp3) is 0.462. The van der Waals surface area contributed by atoms with E-state index >= 15 is 0 Å². The van der Waals surface area contributed by atoms with Crippen molar-refractivity contribution in [3.63, 3.8) is 0 Å². The number of rotatable bonds is 6. The van der Waals surface area contributed by atoms with Crippen LogP contribution in [-0.4, -0.2) is 18.5 Å². The second kappa shape index (κ2) is 5.96. The molecule has 1 aromatic rings. The Hall–Kier alpha value is -1.42. The Morgan fingerprint density at radius 1 is 1.44 bits per heavy atom. The first kappa shape index (κ1) is 13.0. The first-order chi connectivity index (χ1) is 8.66. The van der Waals surface area contributed by atoms with Crippen molar-refractivity contribution < 1.29 is 4.79 Å². The SMILES string of the molecule is Nc1cccc(Cl)c1NCCCC(=O)NC1CC1. The fourth-order valence-corrected chi connectivity index (χ4v) is 1.97. The maximum absolute atomic E-state index is 11.4. The normalized spacial score (nSPS) is 14.3. The van der Waals surface area contributed by atoms with Gasteiger partial charge in [0.2, 0.25) is 5.91 Å². The third-order valence-electron chi connectivity index (χ3n) is 2.87. The van der Waals surface area contributed by atoms with Crippen LogP contribution < -0.4 is 16.4 Å². The largest absolute Gasteiger partial charge is 0.397 e. The molecule has 0 aliphatic heterocycles. The minimum atomic E-state index is 0.131. The number of benzene rings is 1. The van der Waals surface area contributed by atoms with Crippen molar-refractivity contribution in [2.75, 3.05) is 17.6 Å². The Morgan fingerprint density at radius 3 is 2.89 bits per heavy atom. The molecular weight excluding hydrogens is 250 g/mol. The summed E-state index contributed by atoms with van der Waals surface area (Å²) in [6.07, 6.45) is 3.55. The van der Waals surface area contributed by atoms with Crippen LogP contribution in [0.25, 0.3) is 0 Å². The predicted octanol–water partition coefficient (Wildman–Crippen LogP) is 2.39. The molecule has 1 saturated carbocycles. The zero-order valence-electron chi connectivity index (χ0n) is 10.2. The molecule has 0 spiro atoms. The van der Waals surface area contributed by atoms with Crippen LogP contribution in [0.1, 0.15) is 25.7 Å². The van der Waals surface area contributed by atoms with Crippen molar-refractivity contribution in [3.05, 3.63) is 23.2 Å². The van der Waals surface area contributed by atoms with Gasteiger partial charge >= 0.3 is 0 Å². The van der Waals surface area contributed by atoms with E-state index in [0.717, 1.165) is 24.9 Å². The lowest BCUT2D eigenvalue weighted by molar-refractivity contribution is -0.121. The molecule has 1 aliphatic rings. The van der Waals surface area contributed by atoms with Gasteiger partial charge in [-0.15, -0.1) is 0 Å². The van der Waals surface area contributed by atoms with Crippen molar-refractivity contribution in [1.82, 2.24) is 5.32 Å². The molecule has 98 valence electrons. The van der Waals surface area contributed by atoms with E-state index in [1.165, 1.54) is 0 Å². The second-order valence-electron chi connectivity index (χ2n) is 4.58. The quantitative estimate of drug-likeness (QED) is 0.548. The molecule has 5 heteroatoms. The van der Waals surface area contributed by atoms with E-state index in [0.29, 0.717) is 29.7 Å². The van der Waals surface area contributed by atoms with Gasteiger partial charge < -0.3 is 16.4 Å². The summed E-state index contributed by atoms with van der Waals surface area (Å²) >= 11 is 6.03. The fourth-order valence-electron chi connectivity index (χ4n) is 1.72. The maximum atomic E-state index is 11.4. The lowest BCUT2D eigenvalue weighted by atomic mass is 10.2. The van der Waals surface area contributed by atoms with Gasteiger partial charge in [0.05, 0.1) is 16.4 Å². The summed E-state index contributed by atoms with van der Waals surface area (Å²) in [7, 11) is 0. The highest BCUT2D eigenvalue weighted by Gasteiger charge is 2.22. The summed E-state index contributed by atoms with van der Waals surface area (Å²) < 4.78 is 0. The highest BCUT2D eigenvalue weighted by atomic mass is 35.5. The van der Waals surface area contributed by atoms with Gasteiger partial charge in [-0.3, -0.25) is 4.79 Å². The summed E-state index contributed by atoms with van der Waals surface area (Å²) in [5, 5.41) is 6.74. The zero-order valence-corrected chi connectivity index (χ0v) is 11.0. The Kier molecular flexibility index (Phi) is 4.31. The van der Waals surface area contributed by atoms with Crippen molar-refractivity contribution in [3.8, 4) is 0 Å². The van der Waals surface area contributed by atoms with Crippen LogP contribution in [0.5, 0.6) is 0 Å². The Morgan fingerprint density at radius 2 is 2.22 bits per heavy atom. The van der Waals surface area contributed by atoms with E-state index in [-0.39, 0.29) is 5.91 Å². The highest BCUT2D eigenvalue weighted by molar-refractivity contribution is 6.33. The van der Waals surface area contributed by atoms with E-state index < -0.39 is 0 Å². The predicted molar refractivity (Wildman–Crippen MR) is 74.8 cm³/mol. The molecule has 18 heavy (non-hydrogen) atoms. The van der Waals surface area contributed by atoms with Crippen LogP contribution in [0.4, 0.5) is 11.4 Å². The van der Waals surface area contributed by atoms with Gasteiger partial charge in [0.15, 0.2) is 0 Å². The van der Waals surface area contributed by atoms with Gasteiger partial charge in [-0.1, -0.05) is 17.7 Å². The molecular formula is C13H18ClN3O. The van der Waals surface area contributed by atoms with Crippen molar-refractivity contribution in [2.45, 2.75) is 31.7 Å². The number of anilines is 2. The van der Waals surface area contributed by atoms with Gasteiger partial charge in [0.1, 0.15) is 0 Å². The number of halogens is 1. The third-order valence-corrected chi connectivity index (χ3v) is 3.19. The number of amides is 1. The van der Waals surface area contributed by atoms with Gasteiger partial charge in [-0.2, -0.15) is 0 Å². The van der Waals surface area contributed by atoms with Crippen molar-refractivity contribution in [2.24, 2.45) is 0 Å². The van der Waals surface area contributed by atoms with Crippen molar-refractivity contribution in [1.29, 1.82) is 0 Å². The average molecular weight is 268 g/mol. The van der Waals surface area contributed by atoms with Crippen LogP contribution in [0.15, 0.2) is 18.2 Å². The number of nitrogens with one attached hydrogen (secondary N) is 2. The van der Waals surface area contributed by atoms with Gasteiger partial charge in [0, 0.05) is 19.0 Å². The summed E-state index contributed by atoms with van der Waals surface area (Å²) in [5.41, 5.74) is 7.19. The van der Waals surface area contributed by atoms with E-state index in [1.54, 1.807) is 12.1 Å². The lowest BCUT2D eigenvalue weighted by Gasteiger charge is -2.10. The van der Waals surface area contributed by atoms with E-state index in [4.69, 9.17) is 17.3 Å². The number of carbonyl (C=O) groups excluding carboxylic acids is 1. The minimum Gasteiger partial charge on any atom is -0.397 e. The molecule has 0 bridgehead atoms. The molecule has 0 heterocycles. The standard InChI is InChI=1S/C13H18ClN3O/c14-10-3-1-4-11(15)13(10)16-8-2-5-12(18)17-9-6-7-9/h1,3-4,9,16H,2,5-8,15H2,(H,17,18). The lowest BCUT2D eigenvalue weighted by Crippen LogP contribution is -2.25. The summed E-state index contributed by atoms with van der Waals surface area (Å²) in [6, 6.07) is 5.84. The molecule has 1 fully saturated rings. The number of nitrogen functional groups attached to an aromatic ring is 1. The number of carbonyl (C=O) groups is 1. The molecule has 0 aromatic heterocycles. The highest BCUT2D eigenvalue weighted by Crippen LogP contribution is 2.27. The van der Waals surface area contributed by atoms with Gasteiger partial charge in [-0.05, 0) is 31.4 Å². The number of para-hydroxylation sites is 1. The van der Waals surface area contributed by atoms with Gasteiger partial charge in [0.25, 0.3) is 0 Å². The third kappa shape index (κ3) is 3.81. The molecule has 0 unspecified atom stereocenters. The molecule has 0 saturated heterocycles. The Balaban J connectivity index is 1.69. The smallest absolute Gasteiger partial charge is 0.220 e. The van der Waals surface area contributed by atoms with E-state index in [1.807, 2.05) is 6.07 Å². The Bertz CT molecular complexity index is 412. The van der Waals surface area contributed by atoms with Crippen LogP contribution >= 0.6 is 11.6 Å². The number of nitrogens with two attached hydrogens (primary N) is 1. The van der Waals surface area contributed by atoms with Crippen LogP contribution in [0.2, 0.25) is 5.02 Å². The van der Waals surface area contributed by atoms with Crippen molar-refractivity contribution >= 4 is 28.9 Å². The molecule has 4 nitrogen and oxygen atoms in total. The summed E-state index contributed by atoms with van der Waals surface area (Å²) in [4.78, 5) is 11.4. The average Bonchev–Trinajstić information content (AvgIpc) is 3.11. The molecule has 1 amide bonds. The molecule has 1 aliphatic carbocycles. The van der Waals surface area contributed by atoms with Crippen LogP contribution in [0.3, 0.4) is 0 Å². The molecule has 1 aromatic carbocycles. The summed E-state index contributed by atoms with van der Waals surface area (Å²) in [5.74, 6) is 0.131. The van der Waals surface area contributed by atoms with Crippen LogP contribution in [-0.2, 0) is 4.79 Å². The molecule has 0 atom stereocenters. The second-order valence-corrected chi connectivity index (χ2v) is 4.98. The topological polar surface area (TPSA) is 67.1 Å². The monoisotopic (exact) mass is 267 g/mol. The maximum Gasteiger partial charge on any atom is 0.220 e. The Labute approximate surface area is 112 Å². The van der Waals surface area contributed by atoms with Crippen LogP contribution in [0, 0.1) is 0 Å². The van der Waals surface area contributed by atoms with E-state index in [9.17, 15) is 4.79 Å². The number of hydrogen-bond donors (Lipinski definition) is 3. The molecule has 4 N–H and O–H groups in total. The van der Waals surface area contributed by atoms with Gasteiger partial charge in [-0.25, -0.2) is 0 Å². The number of hydrogen-bond acceptors (Lipinski definition) is 3. The first-order valence-corrected chi connectivity index (χ1v) is 6.62. The first-order valence-electron chi connectivity index (χ1n) is 6.24. The zero-order chi connectivity index (χ0) is 13.0. The summed E-state index contributed by atoms with van der Waals surface area (Å²) in [6.45, 7) is 0.687.